The molecule has 1 amide bonds. The molecule has 1 unspecified atom stereocenters. The van der Waals surface area contributed by atoms with Crippen LogP contribution in [0.1, 0.15) is 31.2 Å². The van der Waals surface area contributed by atoms with Crippen molar-refractivity contribution >= 4 is 21.6 Å². The van der Waals surface area contributed by atoms with E-state index in [0.29, 0.717) is 60.3 Å². The number of aromatic nitrogens is 2. The molecule has 34 heavy (non-hydrogen) atoms. The van der Waals surface area contributed by atoms with Gasteiger partial charge in [0.05, 0.1) is 23.1 Å². The van der Waals surface area contributed by atoms with E-state index in [1.807, 2.05) is 19.1 Å². The Morgan fingerprint density at radius 1 is 1.24 bits per heavy atom. The second kappa shape index (κ2) is 9.94. The van der Waals surface area contributed by atoms with E-state index in [2.05, 4.69) is 15.5 Å². The molecule has 1 atom stereocenters. The number of carbonyl (C=O) groups is 1. The van der Waals surface area contributed by atoms with Crippen LogP contribution < -0.4 is 10.1 Å². The fraction of sp³-hybridized carbons (Fsp3) is 0.375. The second-order valence-electron chi connectivity index (χ2n) is 8.24. The molecule has 9 nitrogen and oxygen atoms in total. The maximum atomic E-state index is 13.6. The van der Waals surface area contributed by atoms with Crippen LogP contribution in [0.25, 0.3) is 11.4 Å². The van der Waals surface area contributed by atoms with Crippen molar-refractivity contribution in [3.05, 3.63) is 53.9 Å². The largest absolute Gasteiger partial charge is 0.492 e. The number of hydrogen-bond donors (Lipinski definition) is 1. The monoisotopic (exact) mass is 484 g/mol. The predicted octanol–water partition coefficient (Wildman–Crippen LogP) is 3.79. The number of sulfonamides is 1. The molecule has 0 bridgehead atoms. The number of rotatable bonds is 7. The first kappa shape index (κ1) is 23.9. The summed E-state index contributed by atoms with van der Waals surface area (Å²) in [6.07, 6.45) is 1.20. The van der Waals surface area contributed by atoms with Crippen LogP contribution >= 0.6 is 0 Å². The van der Waals surface area contributed by atoms with Crippen molar-refractivity contribution < 1.29 is 22.5 Å². The first-order chi connectivity index (χ1) is 16.3. The molecule has 1 saturated heterocycles. The molecule has 1 aliphatic rings. The van der Waals surface area contributed by atoms with Gasteiger partial charge in [0.2, 0.25) is 27.6 Å². The van der Waals surface area contributed by atoms with Crippen molar-refractivity contribution in [1.82, 2.24) is 14.4 Å². The molecule has 2 heterocycles. The highest BCUT2D eigenvalue weighted by atomic mass is 32.2. The summed E-state index contributed by atoms with van der Waals surface area (Å²) in [6, 6.07) is 12.3. The molecule has 2 aromatic carbocycles. The van der Waals surface area contributed by atoms with Crippen molar-refractivity contribution in [2.45, 2.75) is 38.5 Å². The van der Waals surface area contributed by atoms with Crippen molar-refractivity contribution in [2.75, 3.05) is 25.0 Å². The molecular formula is C24H28N4O5S. The van der Waals surface area contributed by atoms with E-state index in [1.165, 1.54) is 4.31 Å². The minimum Gasteiger partial charge on any atom is -0.492 e. The van der Waals surface area contributed by atoms with Gasteiger partial charge in [-0.3, -0.25) is 4.79 Å². The molecule has 1 aliphatic heterocycles. The van der Waals surface area contributed by atoms with E-state index in [1.54, 1.807) is 44.2 Å². The summed E-state index contributed by atoms with van der Waals surface area (Å²) in [5, 5.41) is 6.80. The quantitative estimate of drug-likeness (QED) is 0.542. The van der Waals surface area contributed by atoms with Crippen LogP contribution in [0.5, 0.6) is 5.75 Å². The van der Waals surface area contributed by atoms with Gasteiger partial charge in [-0.15, -0.1) is 0 Å². The zero-order valence-corrected chi connectivity index (χ0v) is 20.3. The zero-order chi connectivity index (χ0) is 24.3. The van der Waals surface area contributed by atoms with Gasteiger partial charge < -0.3 is 14.6 Å². The molecule has 0 saturated carbocycles. The third-order valence-electron chi connectivity index (χ3n) is 5.79. The average molecular weight is 485 g/mol. The van der Waals surface area contributed by atoms with E-state index in [0.717, 1.165) is 0 Å². The van der Waals surface area contributed by atoms with Crippen LogP contribution in [-0.4, -0.2) is 48.5 Å². The maximum absolute atomic E-state index is 13.6. The van der Waals surface area contributed by atoms with Crippen LogP contribution in [0.3, 0.4) is 0 Å². The van der Waals surface area contributed by atoms with Crippen molar-refractivity contribution in [1.29, 1.82) is 0 Å². The smallest absolute Gasteiger partial charge is 0.243 e. The minimum absolute atomic E-state index is 0.107. The molecule has 180 valence electrons. The van der Waals surface area contributed by atoms with Gasteiger partial charge in [-0.1, -0.05) is 29.4 Å². The number of piperidine rings is 1. The standard InChI is InChI=1S/C24H28N4O5S/c1-4-32-21-10-6-5-9-20(21)26-24(29)19-8-7-13-28(15-19)34(30,31)22-14-18(12-11-16(22)2)23-25-17(3)33-27-23/h5-6,9-12,14,19H,4,7-8,13,15H2,1-3H3,(H,26,29). The molecule has 0 spiro atoms. The summed E-state index contributed by atoms with van der Waals surface area (Å²) < 4.78 is 39.1. The normalized spacial score (nSPS) is 16.9. The molecule has 0 aliphatic carbocycles. The molecule has 1 fully saturated rings. The topological polar surface area (TPSA) is 115 Å². The van der Waals surface area contributed by atoms with Gasteiger partial charge in [0, 0.05) is 25.6 Å². The SMILES string of the molecule is CCOc1ccccc1NC(=O)C1CCCN(S(=O)(=O)c2cc(-c3noc(C)n3)ccc2C)C1. The molecule has 3 aromatic rings. The first-order valence-corrected chi connectivity index (χ1v) is 12.7. The highest BCUT2D eigenvalue weighted by Crippen LogP contribution is 2.30. The minimum atomic E-state index is -3.83. The number of aryl methyl sites for hydroxylation is 2. The fourth-order valence-corrected chi connectivity index (χ4v) is 5.81. The number of para-hydroxylation sites is 2. The summed E-state index contributed by atoms with van der Waals surface area (Å²) in [5.74, 6) is 0.623. The molecule has 1 N–H and O–H groups in total. The number of ether oxygens (including phenoxy) is 1. The van der Waals surface area contributed by atoms with Gasteiger partial charge in [-0.25, -0.2) is 8.42 Å². The lowest BCUT2D eigenvalue weighted by molar-refractivity contribution is -0.120. The van der Waals surface area contributed by atoms with Gasteiger partial charge in [0.1, 0.15) is 5.75 Å². The average Bonchev–Trinajstić information content (AvgIpc) is 3.27. The molecule has 4 rings (SSSR count). The summed E-state index contributed by atoms with van der Waals surface area (Å²) in [6.45, 7) is 6.23. The molecular weight excluding hydrogens is 456 g/mol. The lowest BCUT2D eigenvalue weighted by atomic mass is 9.98. The molecule has 10 heteroatoms. The zero-order valence-electron chi connectivity index (χ0n) is 19.4. The number of carbonyl (C=O) groups excluding carboxylic acids is 1. The molecule has 1 aromatic heterocycles. The van der Waals surface area contributed by atoms with Gasteiger partial charge in [0.25, 0.3) is 0 Å². The third-order valence-corrected chi connectivity index (χ3v) is 7.80. The first-order valence-electron chi connectivity index (χ1n) is 11.2. The number of benzene rings is 2. The number of anilines is 1. The van der Waals surface area contributed by atoms with Crippen molar-refractivity contribution in [3.63, 3.8) is 0 Å². The Hall–Kier alpha value is -3.24. The van der Waals surface area contributed by atoms with Gasteiger partial charge >= 0.3 is 0 Å². The van der Waals surface area contributed by atoms with E-state index in [4.69, 9.17) is 9.26 Å². The van der Waals surface area contributed by atoms with Gasteiger partial charge in [-0.2, -0.15) is 9.29 Å². The van der Waals surface area contributed by atoms with Crippen LogP contribution in [0.15, 0.2) is 51.9 Å². The Kier molecular flexibility index (Phi) is 6.99. The third kappa shape index (κ3) is 4.97. The van der Waals surface area contributed by atoms with E-state index >= 15 is 0 Å². The Morgan fingerprint density at radius 3 is 2.76 bits per heavy atom. The van der Waals surface area contributed by atoms with E-state index in [-0.39, 0.29) is 17.3 Å². The summed E-state index contributed by atoms with van der Waals surface area (Å²) in [5.41, 5.74) is 1.74. The van der Waals surface area contributed by atoms with Crippen LogP contribution in [-0.2, 0) is 14.8 Å². The Labute approximate surface area is 199 Å². The molecule has 0 radical (unpaired) electrons. The number of nitrogens with one attached hydrogen (secondary N) is 1. The summed E-state index contributed by atoms with van der Waals surface area (Å²) in [4.78, 5) is 17.4. The summed E-state index contributed by atoms with van der Waals surface area (Å²) in [7, 11) is -3.83. The highest BCUT2D eigenvalue weighted by molar-refractivity contribution is 7.89. The number of nitrogens with zero attached hydrogens (tertiary/aromatic N) is 3. The maximum Gasteiger partial charge on any atom is 0.243 e. The lowest BCUT2D eigenvalue weighted by Gasteiger charge is -2.31. The number of hydrogen-bond acceptors (Lipinski definition) is 7. The summed E-state index contributed by atoms with van der Waals surface area (Å²) >= 11 is 0. The van der Waals surface area contributed by atoms with Crippen LogP contribution in [0.4, 0.5) is 5.69 Å². The van der Waals surface area contributed by atoms with Crippen molar-refractivity contribution in [3.8, 4) is 17.1 Å². The number of amides is 1. The van der Waals surface area contributed by atoms with E-state index < -0.39 is 15.9 Å². The second-order valence-corrected chi connectivity index (χ2v) is 10.1. The van der Waals surface area contributed by atoms with Crippen LogP contribution in [0.2, 0.25) is 0 Å². The van der Waals surface area contributed by atoms with E-state index in [9.17, 15) is 13.2 Å². The van der Waals surface area contributed by atoms with Crippen molar-refractivity contribution in [2.24, 2.45) is 5.92 Å². The van der Waals surface area contributed by atoms with Gasteiger partial charge in [0.15, 0.2) is 0 Å². The Bertz CT molecular complexity index is 1290. The fourth-order valence-electron chi connectivity index (χ4n) is 4.03. The Balaban J connectivity index is 1.54. The predicted molar refractivity (Wildman–Crippen MR) is 127 cm³/mol. The highest BCUT2D eigenvalue weighted by Gasteiger charge is 2.34. The Morgan fingerprint density at radius 2 is 2.03 bits per heavy atom. The van der Waals surface area contributed by atoms with Crippen LogP contribution in [0, 0.1) is 19.8 Å². The lowest BCUT2D eigenvalue weighted by Crippen LogP contribution is -2.43. The van der Waals surface area contributed by atoms with Gasteiger partial charge in [-0.05, 0) is 50.5 Å².